The van der Waals surface area contributed by atoms with Gasteiger partial charge in [0.2, 0.25) is 0 Å². The Kier molecular flexibility index (Phi) is 8.16. The quantitative estimate of drug-likeness (QED) is 0.522. The van der Waals surface area contributed by atoms with Crippen LogP contribution in [0.3, 0.4) is 0 Å². The van der Waals surface area contributed by atoms with Crippen LogP contribution in [0.5, 0.6) is 0 Å². The molecule has 1 N–H and O–H groups in total. The van der Waals surface area contributed by atoms with Crippen molar-refractivity contribution < 1.29 is 19.1 Å². The molecule has 5 heteroatoms. The largest absolute Gasteiger partial charge is 0.464 e. The lowest BCUT2D eigenvalue weighted by Gasteiger charge is -2.27. The molecule has 0 spiro atoms. The summed E-state index contributed by atoms with van der Waals surface area (Å²) in [4.78, 5) is 24.1. The number of hydrogen-bond acceptors (Lipinski definition) is 4. The summed E-state index contributed by atoms with van der Waals surface area (Å²) in [5, 5.41) is 2.74. The van der Waals surface area contributed by atoms with Crippen LogP contribution in [0, 0.1) is 0 Å². The average molecular weight is 299 g/mol. The fraction of sp³-hybridized carbons (Fsp3) is 0.875. The fourth-order valence-corrected chi connectivity index (χ4v) is 2.62. The van der Waals surface area contributed by atoms with Crippen molar-refractivity contribution in [1.82, 2.24) is 5.32 Å². The normalized spacial score (nSPS) is 16.5. The maximum atomic E-state index is 12.3. The summed E-state index contributed by atoms with van der Waals surface area (Å²) in [6.07, 6.45) is 7.66. The molecule has 0 unspecified atom stereocenters. The average Bonchev–Trinajstić information content (AvgIpc) is 2.94. The van der Waals surface area contributed by atoms with E-state index in [1.54, 1.807) is 0 Å². The molecule has 0 radical (unpaired) electrons. The van der Waals surface area contributed by atoms with Crippen LogP contribution in [-0.4, -0.2) is 30.8 Å². The zero-order chi connectivity index (χ0) is 15.6. The topological polar surface area (TPSA) is 64.6 Å². The SMILES string of the molecule is CCCCCCOC(=O)C1(NC(=O)OCCC)CCCC1. The van der Waals surface area contributed by atoms with Gasteiger partial charge in [-0.15, -0.1) is 0 Å². The molecular weight excluding hydrogens is 270 g/mol. The smallest absolute Gasteiger partial charge is 0.408 e. The summed E-state index contributed by atoms with van der Waals surface area (Å²) in [6.45, 7) is 4.88. The maximum Gasteiger partial charge on any atom is 0.408 e. The van der Waals surface area contributed by atoms with Gasteiger partial charge in [0, 0.05) is 0 Å². The summed E-state index contributed by atoms with van der Waals surface area (Å²) in [5.74, 6) is -0.301. The number of rotatable bonds is 9. The molecule has 21 heavy (non-hydrogen) atoms. The Morgan fingerprint density at radius 1 is 0.952 bits per heavy atom. The minimum absolute atomic E-state index is 0.301. The lowest BCUT2D eigenvalue weighted by Crippen LogP contribution is -2.53. The van der Waals surface area contributed by atoms with Gasteiger partial charge >= 0.3 is 12.1 Å². The van der Waals surface area contributed by atoms with Crippen molar-refractivity contribution in [3.63, 3.8) is 0 Å². The molecule has 0 saturated heterocycles. The third kappa shape index (κ3) is 5.94. The van der Waals surface area contributed by atoms with Crippen LogP contribution in [-0.2, 0) is 14.3 Å². The van der Waals surface area contributed by atoms with E-state index in [0.29, 0.717) is 26.1 Å². The third-order valence-electron chi connectivity index (χ3n) is 3.86. The molecule has 0 aromatic rings. The van der Waals surface area contributed by atoms with E-state index < -0.39 is 11.6 Å². The number of carbonyl (C=O) groups excluding carboxylic acids is 2. The van der Waals surface area contributed by atoms with Crippen LogP contribution < -0.4 is 5.32 Å². The van der Waals surface area contributed by atoms with Crippen molar-refractivity contribution in [3.8, 4) is 0 Å². The summed E-state index contributed by atoms with van der Waals surface area (Å²) < 4.78 is 10.4. The van der Waals surface area contributed by atoms with Gasteiger partial charge in [-0.3, -0.25) is 0 Å². The van der Waals surface area contributed by atoms with Crippen molar-refractivity contribution in [2.75, 3.05) is 13.2 Å². The molecular formula is C16H29NO4. The van der Waals surface area contributed by atoms with Gasteiger partial charge in [0.05, 0.1) is 13.2 Å². The Morgan fingerprint density at radius 2 is 1.67 bits per heavy atom. The highest BCUT2D eigenvalue weighted by Crippen LogP contribution is 2.31. The van der Waals surface area contributed by atoms with E-state index in [2.05, 4.69) is 12.2 Å². The van der Waals surface area contributed by atoms with E-state index in [1.807, 2.05) is 6.92 Å². The Hall–Kier alpha value is -1.26. The molecule has 0 aromatic heterocycles. The summed E-state index contributed by atoms with van der Waals surface area (Å²) in [7, 11) is 0. The molecule has 0 aliphatic heterocycles. The predicted octanol–water partition coefficient (Wildman–Crippen LogP) is 3.56. The van der Waals surface area contributed by atoms with Gasteiger partial charge in [-0.25, -0.2) is 9.59 Å². The molecule has 0 heterocycles. The van der Waals surface area contributed by atoms with Crippen molar-refractivity contribution in [1.29, 1.82) is 0 Å². The van der Waals surface area contributed by atoms with Gasteiger partial charge in [-0.1, -0.05) is 46.0 Å². The molecule has 5 nitrogen and oxygen atoms in total. The van der Waals surface area contributed by atoms with E-state index in [0.717, 1.165) is 44.9 Å². The number of amides is 1. The second-order valence-electron chi connectivity index (χ2n) is 5.75. The lowest BCUT2D eigenvalue weighted by atomic mass is 9.98. The molecule has 1 amide bonds. The zero-order valence-electron chi connectivity index (χ0n) is 13.4. The van der Waals surface area contributed by atoms with E-state index in [1.165, 1.54) is 0 Å². The second kappa shape index (κ2) is 9.64. The number of alkyl carbamates (subject to hydrolysis) is 1. The Morgan fingerprint density at radius 3 is 2.29 bits per heavy atom. The summed E-state index contributed by atoms with van der Waals surface area (Å²) in [6, 6.07) is 0. The number of carbonyl (C=O) groups is 2. The molecule has 1 saturated carbocycles. The van der Waals surface area contributed by atoms with E-state index in [-0.39, 0.29) is 5.97 Å². The first kappa shape index (κ1) is 17.8. The van der Waals surface area contributed by atoms with E-state index in [4.69, 9.17) is 9.47 Å². The van der Waals surface area contributed by atoms with Crippen LogP contribution in [0.1, 0.15) is 71.6 Å². The first-order valence-corrected chi connectivity index (χ1v) is 8.27. The third-order valence-corrected chi connectivity index (χ3v) is 3.86. The molecule has 1 fully saturated rings. The minimum Gasteiger partial charge on any atom is -0.464 e. The van der Waals surface area contributed by atoms with Gasteiger partial charge in [-0.05, 0) is 25.7 Å². The summed E-state index contributed by atoms with van der Waals surface area (Å²) in [5.41, 5.74) is -0.865. The highest BCUT2D eigenvalue weighted by Gasteiger charge is 2.44. The fourth-order valence-electron chi connectivity index (χ4n) is 2.62. The monoisotopic (exact) mass is 299 g/mol. The number of ether oxygens (including phenoxy) is 2. The molecule has 0 atom stereocenters. The first-order chi connectivity index (χ1) is 10.1. The van der Waals surface area contributed by atoms with E-state index >= 15 is 0 Å². The lowest BCUT2D eigenvalue weighted by molar-refractivity contribution is -0.151. The number of hydrogen-bond donors (Lipinski definition) is 1. The molecule has 122 valence electrons. The molecule has 1 rings (SSSR count). The predicted molar refractivity (Wildman–Crippen MR) is 81.1 cm³/mol. The van der Waals surface area contributed by atoms with Crippen LogP contribution in [0.2, 0.25) is 0 Å². The maximum absolute atomic E-state index is 12.3. The Balaban J connectivity index is 2.43. The number of esters is 1. The van der Waals surface area contributed by atoms with Crippen LogP contribution in [0.4, 0.5) is 4.79 Å². The molecule has 0 bridgehead atoms. The minimum atomic E-state index is -0.865. The van der Waals surface area contributed by atoms with Crippen LogP contribution in [0.15, 0.2) is 0 Å². The van der Waals surface area contributed by atoms with Gasteiger partial charge in [0.1, 0.15) is 5.54 Å². The van der Waals surface area contributed by atoms with Crippen molar-refractivity contribution in [2.45, 2.75) is 77.2 Å². The second-order valence-corrected chi connectivity index (χ2v) is 5.75. The van der Waals surface area contributed by atoms with Gasteiger partial charge in [0.15, 0.2) is 0 Å². The molecule has 1 aliphatic rings. The zero-order valence-corrected chi connectivity index (χ0v) is 13.4. The van der Waals surface area contributed by atoms with Gasteiger partial charge in [0.25, 0.3) is 0 Å². The van der Waals surface area contributed by atoms with Crippen molar-refractivity contribution >= 4 is 12.1 Å². The van der Waals surface area contributed by atoms with E-state index in [9.17, 15) is 9.59 Å². The number of unbranched alkanes of at least 4 members (excludes halogenated alkanes) is 3. The van der Waals surface area contributed by atoms with Crippen LogP contribution >= 0.6 is 0 Å². The highest BCUT2D eigenvalue weighted by molar-refractivity contribution is 5.86. The van der Waals surface area contributed by atoms with Crippen LogP contribution in [0.25, 0.3) is 0 Å². The Labute approximate surface area is 127 Å². The Bertz CT molecular complexity index is 324. The standard InChI is InChI=1S/C16H29NO4/c1-3-5-6-9-13-20-14(18)16(10-7-8-11-16)17-15(19)21-12-4-2/h3-13H2,1-2H3,(H,17,19). The first-order valence-electron chi connectivity index (χ1n) is 8.27. The molecule has 0 aromatic carbocycles. The molecule has 1 aliphatic carbocycles. The van der Waals surface area contributed by atoms with Gasteiger partial charge < -0.3 is 14.8 Å². The summed E-state index contributed by atoms with van der Waals surface area (Å²) >= 11 is 0. The number of nitrogens with one attached hydrogen (secondary N) is 1. The highest BCUT2D eigenvalue weighted by atomic mass is 16.6. The van der Waals surface area contributed by atoms with Gasteiger partial charge in [-0.2, -0.15) is 0 Å². The van der Waals surface area contributed by atoms with Crippen molar-refractivity contribution in [3.05, 3.63) is 0 Å². The van der Waals surface area contributed by atoms with Crippen molar-refractivity contribution in [2.24, 2.45) is 0 Å².